The molecule has 0 aliphatic rings. The van der Waals surface area contributed by atoms with Crippen molar-refractivity contribution in [3.63, 3.8) is 0 Å². The van der Waals surface area contributed by atoms with Crippen molar-refractivity contribution in [3.8, 4) is 0 Å². The molecule has 0 amide bonds. The molecule has 0 radical (unpaired) electrons. The monoisotopic (exact) mass is 417 g/mol. The van der Waals surface area contributed by atoms with Gasteiger partial charge < -0.3 is 95.3 Å². The van der Waals surface area contributed by atoms with Gasteiger partial charge in [0.05, 0.1) is 15.3 Å². The van der Waals surface area contributed by atoms with Gasteiger partial charge >= 0.3 is 19.8 Å². The third kappa shape index (κ3) is 1130. The standard InChI is InChI=1S/Ga.3NO3.9H2O/c;3*2-1(3)4;;;;;;;;;/h;;;;9*1H2/q+3;3*-1;;;;;;;;;. The van der Waals surface area contributed by atoms with E-state index in [0.29, 0.717) is 0 Å². The zero-order valence-electron chi connectivity index (χ0n) is 10.1. The van der Waals surface area contributed by atoms with Crippen molar-refractivity contribution in [2.45, 2.75) is 0 Å². The van der Waals surface area contributed by atoms with E-state index in [-0.39, 0.29) is 69.1 Å². The van der Waals surface area contributed by atoms with E-state index in [9.17, 15) is 0 Å². The molecule has 0 saturated heterocycles. The summed E-state index contributed by atoms with van der Waals surface area (Å²) in [5.41, 5.74) is 0. The van der Waals surface area contributed by atoms with Gasteiger partial charge in [0, 0.05) is 0 Å². The molecule has 0 fully saturated rings. The van der Waals surface area contributed by atoms with Crippen LogP contribution in [0.1, 0.15) is 0 Å². The Morgan fingerprint density at radius 2 is 0.364 bits per heavy atom. The first-order valence-corrected chi connectivity index (χ1v) is 1.64. The second kappa shape index (κ2) is 128. The van der Waals surface area contributed by atoms with Crippen LogP contribution in [0, 0.1) is 46.0 Å². The first-order chi connectivity index (χ1) is 5.20. The summed E-state index contributed by atoms with van der Waals surface area (Å²) in [6, 6.07) is 0. The molecule has 18 N–H and O–H groups in total. The van der Waals surface area contributed by atoms with Crippen LogP contribution in [0.5, 0.6) is 0 Å². The van der Waals surface area contributed by atoms with Crippen LogP contribution in [-0.2, 0) is 0 Å². The van der Waals surface area contributed by atoms with E-state index in [1.165, 1.54) is 0 Å². The van der Waals surface area contributed by atoms with E-state index < -0.39 is 15.3 Å². The number of rotatable bonds is 0. The second-order valence-corrected chi connectivity index (χ2v) is 0.671. The van der Waals surface area contributed by atoms with Crippen LogP contribution in [0.3, 0.4) is 0 Å². The van der Waals surface area contributed by atoms with Crippen LogP contribution in [0.25, 0.3) is 0 Å². The fourth-order valence-electron chi connectivity index (χ4n) is 0. The van der Waals surface area contributed by atoms with Gasteiger partial charge in [-0.25, -0.2) is 0 Å². The SMILES string of the molecule is O.O.O.O.O.O.O.O.O.O=[N+]([O-])[O-].O=[N+]([O-])[O-].O=[N+]([O-])[O-].[Ga+3]. The van der Waals surface area contributed by atoms with E-state index in [2.05, 4.69) is 0 Å². The summed E-state index contributed by atoms with van der Waals surface area (Å²) < 4.78 is 0. The van der Waals surface area contributed by atoms with Crippen molar-refractivity contribution in [3.05, 3.63) is 46.0 Å². The van der Waals surface area contributed by atoms with Gasteiger partial charge in [0.1, 0.15) is 0 Å². The summed E-state index contributed by atoms with van der Waals surface area (Å²) in [6.07, 6.45) is 0. The summed E-state index contributed by atoms with van der Waals surface area (Å²) in [4.78, 5) is 24.8. The molecular weight excluding hydrogens is 400 g/mol. The van der Waals surface area contributed by atoms with E-state index in [4.69, 9.17) is 46.0 Å². The molecule has 0 aliphatic carbocycles. The predicted molar refractivity (Wildman–Crippen MR) is 69.4 cm³/mol. The summed E-state index contributed by atoms with van der Waals surface area (Å²) in [5, 5.41) is 44.2. The van der Waals surface area contributed by atoms with Gasteiger partial charge in [-0.15, -0.1) is 0 Å². The largest absolute Gasteiger partial charge is 3.00 e. The predicted octanol–water partition coefficient (Wildman–Crippen LogP) is -8.52. The van der Waals surface area contributed by atoms with Crippen molar-refractivity contribution in [1.29, 1.82) is 0 Å². The van der Waals surface area contributed by atoms with E-state index in [0.717, 1.165) is 0 Å². The maximum atomic E-state index is 8.25. The molecule has 0 bridgehead atoms. The van der Waals surface area contributed by atoms with Crippen LogP contribution >= 0.6 is 0 Å². The minimum absolute atomic E-state index is 0. The number of hydrogen-bond acceptors (Lipinski definition) is 9. The summed E-state index contributed by atoms with van der Waals surface area (Å²) in [6.45, 7) is 0. The van der Waals surface area contributed by atoms with Gasteiger partial charge in [0.15, 0.2) is 0 Å². The Morgan fingerprint density at radius 1 is 0.364 bits per heavy atom. The average molecular weight is 418 g/mol. The van der Waals surface area contributed by atoms with Crippen molar-refractivity contribution < 1.29 is 64.5 Å². The number of hydrogen-bond donors (Lipinski definition) is 0. The smallest absolute Gasteiger partial charge is 0.412 e. The molecule has 0 heterocycles. The Morgan fingerprint density at radius 3 is 0.364 bits per heavy atom. The van der Waals surface area contributed by atoms with Crippen LogP contribution < -0.4 is 0 Å². The molecule has 0 spiro atoms. The van der Waals surface area contributed by atoms with Gasteiger partial charge in [-0.3, -0.25) is 0 Å². The Labute approximate surface area is 131 Å². The molecule has 144 valence electrons. The molecule has 0 saturated carbocycles. The van der Waals surface area contributed by atoms with E-state index in [1.807, 2.05) is 0 Å². The summed E-state index contributed by atoms with van der Waals surface area (Å²) in [7, 11) is 0. The second-order valence-electron chi connectivity index (χ2n) is 0.671. The first kappa shape index (κ1) is 150. The van der Waals surface area contributed by atoms with Crippen LogP contribution in [0.2, 0.25) is 0 Å². The Bertz CT molecular complexity index is 116. The fourth-order valence-corrected chi connectivity index (χ4v) is 0. The van der Waals surface area contributed by atoms with Crippen LogP contribution in [0.4, 0.5) is 0 Å². The first-order valence-electron chi connectivity index (χ1n) is 1.64. The summed E-state index contributed by atoms with van der Waals surface area (Å²) in [5.74, 6) is 0. The van der Waals surface area contributed by atoms with Crippen LogP contribution in [-0.4, -0.2) is 84.3 Å². The number of nitrogens with zero attached hydrogens (tertiary/aromatic N) is 3. The molecule has 0 aromatic heterocycles. The maximum Gasteiger partial charge on any atom is 3.00 e. The Balaban J connectivity index is -0.00000000409. The molecule has 0 aromatic carbocycles. The van der Waals surface area contributed by atoms with Crippen molar-refractivity contribution >= 4 is 19.8 Å². The molecule has 0 aliphatic heterocycles. The summed E-state index contributed by atoms with van der Waals surface area (Å²) >= 11 is 0. The molecule has 0 unspecified atom stereocenters. The van der Waals surface area contributed by atoms with Gasteiger partial charge in [0.2, 0.25) is 0 Å². The van der Waals surface area contributed by atoms with Gasteiger partial charge in [-0.05, 0) is 0 Å². The molecule has 0 rings (SSSR count). The molecular formula is H18GaN3O18. The molecule has 22 heavy (non-hydrogen) atoms. The van der Waals surface area contributed by atoms with Gasteiger partial charge in [0.25, 0.3) is 0 Å². The zero-order chi connectivity index (χ0) is 10.7. The average Bonchev–Trinajstić information content (AvgIpc) is 1.54. The molecule has 0 atom stereocenters. The van der Waals surface area contributed by atoms with Crippen molar-refractivity contribution in [2.24, 2.45) is 0 Å². The Hall–Kier alpha value is -2.12. The fraction of sp³-hybridized carbons (Fsp3) is 0. The molecule has 22 heteroatoms. The zero-order valence-corrected chi connectivity index (χ0v) is 12.5. The third-order valence-electron chi connectivity index (χ3n) is 0. The molecule has 21 nitrogen and oxygen atoms in total. The van der Waals surface area contributed by atoms with Gasteiger partial charge in [-0.2, -0.15) is 0 Å². The van der Waals surface area contributed by atoms with E-state index >= 15 is 0 Å². The normalized spacial score (nSPS) is 3.27. The van der Waals surface area contributed by atoms with Gasteiger partial charge in [-0.1, -0.05) is 0 Å². The minimum atomic E-state index is -1.75. The van der Waals surface area contributed by atoms with E-state index in [1.54, 1.807) is 0 Å². The molecule has 0 aromatic rings. The quantitative estimate of drug-likeness (QED) is 0.204. The Kier molecular flexibility index (Phi) is 869. The third-order valence-corrected chi connectivity index (χ3v) is 0. The van der Waals surface area contributed by atoms with Crippen molar-refractivity contribution in [2.75, 3.05) is 0 Å². The van der Waals surface area contributed by atoms with Crippen LogP contribution in [0.15, 0.2) is 0 Å². The van der Waals surface area contributed by atoms with Crippen molar-refractivity contribution in [1.82, 2.24) is 0 Å². The maximum absolute atomic E-state index is 8.25. The minimum Gasteiger partial charge on any atom is -0.412 e. The topological polar surface area (TPSA) is 482 Å².